The van der Waals surface area contributed by atoms with Gasteiger partial charge in [0.2, 0.25) is 8.32 Å². The molecule has 3 rings (SSSR count). The van der Waals surface area contributed by atoms with Crippen molar-refractivity contribution in [2.24, 2.45) is 0 Å². The SMILES string of the molecule is COC(=O)Cc1c(-c2ccccc2Cl)csc1-c1ccc(O[Si](C)(C)C(C)(C)C)cc1. The summed E-state index contributed by atoms with van der Waals surface area (Å²) in [6.45, 7) is 11.2. The van der Waals surface area contributed by atoms with Crippen LogP contribution in [0.4, 0.5) is 0 Å². The summed E-state index contributed by atoms with van der Waals surface area (Å²) in [7, 11) is -0.486. The molecule has 0 aliphatic rings. The summed E-state index contributed by atoms with van der Waals surface area (Å²) in [5.41, 5.74) is 3.87. The molecule has 1 aromatic heterocycles. The Morgan fingerprint density at radius 1 is 1.03 bits per heavy atom. The maximum atomic E-state index is 12.2. The molecule has 0 N–H and O–H groups in total. The molecule has 0 bridgehead atoms. The van der Waals surface area contributed by atoms with Crippen LogP contribution >= 0.6 is 22.9 Å². The van der Waals surface area contributed by atoms with Crippen molar-refractivity contribution in [2.75, 3.05) is 7.11 Å². The molecule has 0 aliphatic heterocycles. The van der Waals surface area contributed by atoms with E-state index in [9.17, 15) is 4.79 Å². The largest absolute Gasteiger partial charge is 0.544 e. The molecule has 2 aromatic carbocycles. The number of benzene rings is 2. The number of thiophene rings is 1. The van der Waals surface area contributed by atoms with Gasteiger partial charge in [-0.15, -0.1) is 11.3 Å². The Morgan fingerprint density at radius 3 is 2.26 bits per heavy atom. The number of esters is 1. The van der Waals surface area contributed by atoms with Crippen molar-refractivity contribution >= 4 is 37.2 Å². The van der Waals surface area contributed by atoms with Gasteiger partial charge >= 0.3 is 5.97 Å². The monoisotopic (exact) mass is 472 g/mol. The molecule has 0 saturated carbocycles. The fourth-order valence-electron chi connectivity index (χ4n) is 3.04. The molecule has 164 valence electrons. The Bertz CT molecular complexity index is 1070. The van der Waals surface area contributed by atoms with Crippen LogP contribution < -0.4 is 4.43 Å². The topological polar surface area (TPSA) is 35.5 Å². The first kappa shape index (κ1) is 23.6. The molecule has 3 nitrogen and oxygen atoms in total. The minimum Gasteiger partial charge on any atom is -0.544 e. The number of hydrogen-bond donors (Lipinski definition) is 0. The molecule has 0 radical (unpaired) electrons. The lowest BCUT2D eigenvalue weighted by Gasteiger charge is -2.36. The minimum atomic E-state index is -1.90. The molecule has 31 heavy (non-hydrogen) atoms. The Labute approximate surface area is 195 Å². The van der Waals surface area contributed by atoms with Gasteiger partial charge in [0.25, 0.3) is 0 Å². The van der Waals surface area contributed by atoms with Gasteiger partial charge in [-0.2, -0.15) is 0 Å². The smallest absolute Gasteiger partial charge is 0.310 e. The van der Waals surface area contributed by atoms with Gasteiger partial charge in [-0.3, -0.25) is 4.79 Å². The molecule has 0 saturated heterocycles. The van der Waals surface area contributed by atoms with Crippen molar-refractivity contribution in [1.29, 1.82) is 0 Å². The van der Waals surface area contributed by atoms with Gasteiger partial charge in [-0.05, 0) is 70.5 Å². The number of rotatable bonds is 6. The van der Waals surface area contributed by atoms with E-state index in [0.717, 1.165) is 32.9 Å². The van der Waals surface area contributed by atoms with Crippen molar-refractivity contribution in [3.8, 4) is 27.3 Å². The fraction of sp³-hybridized carbons (Fsp3) is 0.320. The Kier molecular flexibility index (Phi) is 6.99. The fourth-order valence-corrected chi connectivity index (χ4v) is 5.41. The standard InChI is InChI=1S/C25H29ClO3SSi/c1-25(2,3)31(5,6)29-18-13-11-17(12-14-18)24-20(15-23(27)28-4)21(16-30-24)19-9-7-8-10-22(19)26/h7-14,16H,15H2,1-6H3. The second-order valence-electron chi connectivity index (χ2n) is 9.08. The van der Waals surface area contributed by atoms with Crippen LogP contribution in [-0.4, -0.2) is 21.4 Å². The van der Waals surface area contributed by atoms with E-state index in [2.05, 4.69) is 51.4 Å². The van der Waals surface area contributed by atoms with E-state index in [1.807, 2.05) is 36.4 Å². The van der Waals surface area contributed by atoms with E-state index in [1.54, 1.807) is 11.3 Å². The van der Waals surface area contributed by atoms with Crippen molar-refractivity contribution < 1.29 is 14.0 Å². The third-order valence-corrected chi connectivity index (χ3v) is 11.7. The molecule has 0 amide bonds. The van der Waals surface area contributed by atoms with Crippen LogP contribution in [0.2, 0.25) is 23.2 Å². The predicted molar refractivity (Wildman–Crippen MR) is 134 cm³/mol. The molecule has 0 unspecified atom stereocenters. The number of hydrogen-bond acceptors (Lipinski definition) is 4. The van der Waals surface area contributed by atoms with Gasteiger partial charge in [0, 0.05) is 15.5 Å². The second-order valence-corrected chi connectivity index (χ2v) is 15.1. The van der Waals surface area contributed by atoms with Gasteiger partial charge in [0.1, 0.15) is 5.75 Å². The van der Waals surface area contributed by atoms with Crippen molar-refractivity contribution in [2.45, 2.75) is 45.3 Å². The van der Waals surface area contributed by atoms with E-state index < -0.39 is 8.32 Å². The Balaban J connectivity index is 1.99. The average Bonchev–Trinajstić information content (AvgIpc) is 3.11. The van der Waals surface area contributed by atoms with Crippen LogP contribution in [0.25, 0.3) is 21.6 Å². The van der Waals surface area contributed by atoms with E-state index in [0.29, 0.717) is 5.02 Å². The van der Waals surface area contributed by atoms with Gasteiger partial charge in [-0.25, -0.2) is 0 Å². The quantitative estimate of drug-likeness (QED) is 0.271. The zero-order chi connectivity index (χ0) is 22.8. The molecular weight excluding hydrogens is 444 g/mol. The zero-order valence-electron chi connectivity index (χ0n) is 18.9. The lowest BCUT2D eigenvalue weighted by Crippen LogP contribution is -2.43. The number of methoxy groups -OCH3 is 1. The minimum absolute atomic E-state index is 0.136. The summed E-state index contributed by atoms with van der Waals surface area (Å²) in [6, 6.07) is 15.9. The first-order valence-electron chi connectivity index (χ1n) is 10.2. The van der Waals surface area contributed by atoms with Crippen LogP contribution in [0.1, 0.15) is 26.3 Å². The Morgan fingerprint density at radius 2 is 1.68 bits per heavy atom. The van der Waals surface area contributed by atoms with Crippen LogP contribution in [0, 0.1) is 0 Å². The second kappa shape index (κ2) is 9.19. The summed E-state index contributed by atoms with van der Waals surface area (Å²) in [5.74, 6) is 0.610. The molecule has 0 spiro atoms. The predicted octanol–water partition coefficient (Wildman–Crippen LogP) is 7.84. The van der Waals surface area contributed by atoms with Crippen LogP contribution in [0.5, 0.6) is 5.75 Å². The van der Waals surface area contributed by atoms with Crippen LogP contribution in [-0.2, 0) is 16.0 Å². The highest BCUT2D eigenvalue weighted by molar-refractivity contribution is 7.14. The molecule has 6 heteroatoms. The molecule has 0 aliphatic carbocycles. The van der Waals surface area contributed by atoms with E-state index in [-0.39, 0.29) is 17.4 Å². The highest BCUT2D eigenvalue weighted by Crippen LogP contribution is 2.42. The van der Waals surface area contributed by atoms with Crippen LogP contribution in [0.3, 0.4) is 0 Å². The summed E-state index contributed by atoms with van der Waals surface area (Å²) in [4.78, 5) is 13.2. The van der Waals surface area contributed by atoms with Gasteiger partial charge in [-0.1, -0.05) is 50.6 Å². The van der Waals surface area contributed by atoms with E-state index in [1.165, 1.54) is 7.11 Å². The van der Waals surface area contributed by atoms with E-state index >= 15 is 0 Å². The lowest BCUT2D eigenvalue weighted by molar-refractivity contribution is -0.139. The third kappa shape index (κ3) is 5.22. The lowest BCUT2D eigenvalue weighted by atomic mass is 9.98. The third-order valence-electron chi connectivity index (χ3n) is 5.90. The van der Waals surface area contributed by atoms with Gasteiger partial charge in [0.05, 0.1) is 13.5 Å². The molecule has 3 aromatic rings. The summed E-state index contributed by atoms with van der Waals surface area (Å²) in [6.07, 6.45) is 0.193. The number of halogens is 1. The van der Waals surface area contributed by atoms with Crippen LogP contribution in [0.15, 0.2) is 53.9 Å². The summed E-state index contributed by atoms with van der Waals surface area (Å²) < 4.78 is 11.4. The maximum Gasteiger partial charge on any atom is 0.310 e. The number of carbonyl (C=O) groups excluding carboxylic acids is 1. The summed E-state index contributed by atoms with van der Waals surface area (Å²) >= 11 is 8.06. The van der Waals surface area contributed by atoms with Gasteiger partial charge < -0.3 is 9.16 Å². The maximum absolute atomic E-state index is 12.2. The van der Waals surface area contributed by atoms with E-state index in [4.69, 9.17) is 20.8 Å². The summed E-state index contributed by atoms with van der Waals surface area (Å²) in [5, 5.41) is 2.86. The first-order valence-corrected chi connectivity index (χ1v) is 14.4. The molecule has 0 fully saturated rings. The highest BCUT2D eigenvalue weighted by atomic mass is 35.5. The molecule has 0 atom stereocenters. The van der Waals surface area contributed by atoms with Crippen molar-refractivity contribution in [1.82, 2.24) is 0 Å². The zero-order valence-corrected chi connectivity index (χ0v) is 21.5. The number of carbonyl (C=O) groups is 1. The number of ether oxygens (including phenoxy) is 1. The normalized spacial score (nSPS) is 12.0. The average molecular weight is 473 g/mol. The highest BCUT2D eigenvalue weighted by Gasteiger charge is 2.38. The molecule has 1 heterocycles. The molecular formula is C25H29ClO3SSi. The van der Waals surface area contributed by atoms with Crippen molar-refractivity contribution in [3.05, 3.63) is 64.5 Å². The Hall–Kier alpha value is -2.08. The first-order chi connectivity index (χ1) is 14.5. The van der Waals surface area contributed by atoms with Crippen molar-refractivity contribution in [3.63, 3.8) is 0 Å². The van der Waals surface area contributed by atoms with Gasteiger partial charge in [0.15, 0.2) is 0 Å².